The number of carboxylic acid groups (broad SMARTS) is 1. The van der Waals surface area contributed by atoms with E-state index in [-0.39, 0.29) is 16.7 Å². The second kappa shape index (κ2) is 6.16. The van der Waals surface area contributed by atoms with E-state index in [9.17, 15) is 14.9 Å². The number of aliphatic carboxylic acids is 1. The summed E-state index contributed by atoms with van der Waals surface area (Å²) in [5.74, 6) is -1.23. The summed E-state index contributed by atoms with van der Waals surface area (Å²) in [5.41, 5.74) is 0.774. The van der Waals surface area contributed by atoms with Gasteiger partial charge < -0.3 is 10.4 Å². The minimum Gasteiger partial charge on any atom is -0.481 e. The molecule has 9 nitrogen and oxygen atoms in total. The molecule has 0 aliphatic carbocycles. The van der Waals surface area contributed by atoms with Gasteiger partial charge in [0.05, 0.1) is 16.5 Å². The van der Waals surface area contributed by atoms with Crippen LogP contribution in [0.5, 0.6) is 0 Å². The summed E-state index contributed by atoms with van der Waals surface area (Å²) in [4.78, 5) is 21.0. The molecule has 1 aromatic carbocycles. The van der Waals surface area contributed by atoms with Gasteiger partial charge in [0.2, 0.25) is 5.52 Å². The fourth-order valence-electron chi connectivity index (χ4n) is 1.90. The predicted molar refractivity (Wildman–Crippen MR) is 73.0 cm³/mol. The normalized spacial score (nSPS) is 12.2. The molecule has 21 heavy (non-hydrogen) atoms. The van der Waals surface area contributed by atoms with Crippen molar-refractivity contribution in [1.82, 2.24) is 10.3 Å². The summed E-state index contributed by atoms with van der Waals surface area (Å²) in [5, 5.41) is 29.9. The molecule has 0 bridgehead atoms. The van der Waals surface area contributed by atoms with Crippen molar-refractivity contribution in [3.63, 3.8) is 0 Å². The topological polar surface area (TPSA) is 131 Å². The van der Waals surface area contributed by atoms with Gasteiger partial charge in [0.25, 0.3) is 0 Å². The van der Waals surface area contributed by atoms with E-state index in [1.165, 1.54) is 12.1 Å². The van der Waals surface area contributed by atoms with Crippen LogP contribution >= 0.6 is 0 Å². The molecule has 0 amide bonds. The lowest BCUT2D eigenvalue weighted by atomic mass is 10.1. The molecule has 2 rings (SSSR count). The van der Waals surface area contributed by atoms with Crippen LogP contribution in [0.1, 0.15) is 19.8 Å². The second-order valence-electron chi connectivity index (χ2n) is 4.66. The number of nitrogens with zero attached hydrogens (tertiary/aromatic N) is 3. The highest BCUT2D eigenvalue weighted by Crippen LogP contribution is 2.28. The molecule has 0 fully saturated rings. The minimum atomic E-state index is -0.826. The lowest BCUT2D eigenvalue weighted by Gasteiger charge is -2.08. The average Bonchev–Trinajstić information content (AvgIpc) is 2.92. The molecule has 0 saturated heterocycles. The van der Waals surface area contributed by atoms with E-state index < -0.39 is 16.8 Å². The van der Waals surface area contributed by atoms with Crippen LogP contribution in [0.15, 0.2) is 16.8 Å². The van der Waals surface area contributed by atoms with Crippen molar-refractivity contribution in [2.75, 3.05) is 11.9 Å². The number of carbonyl (C=O) groups is 1. The van der Waals surface area contributed by atoms with Gasteiger partial charge in [-0.3, -0.25) is 14.9 Å². The molecule has 1 aromatic heterocycles. The lowest BCUT2D eigenvalue weighted by Crippen LogP contribution is -2.11. The first-order valence-electron chi connectivity index (χ1n) is 6.37. The second-order valence-corrected chi connectivity index (χ2v) is 4.66. The van der Waals surface area contributed by atoms with Gasteiger partial charge in [0, 0.05) is 12.6 Å². The number of nitro groups is 1. The van der Waals surface area contributed by atoms with E-state index in [1.807, 2.05) is 0 Å². The molecule has 112 valence electrons. The van der Waals surface area contributed by atoms with Crippen molar-refractivity contribution >= 4 is 28.4 Å². The Bertz CT molecular complexity index is 669. The highest BCUT2D eigenvalue weighted by atomic mass is 16.6. The molecular formula is C12H14N4O5. The Kier molecular flexibility index (Phi) is 4.31. The number of anilines is 1. The van der Waals surface area contributed by atoms with Crippen molar-refractivity contribution in [1.29, 1.82) is 0 Å². The molecule has 1 atom stereocenters. The maximum absolute atomic E-state index is 10.8. The third-order valence-corrected chi connectivity index (χ3v) is 3.14. The van der Waals surface area contributed by atoms with Crippen LogP contribution in [-0.2, 0) is 4.79 Å². The number of nitrogens with one attached hydrogen (secondary N) is 1. The number of hydrogen-bond acceptors (Lipinski definition) is 7. The summed E-state index contributed by atoms with van der Waals surface area (Å²) in [6.45, 7) is 2.17. The summed E-state index contributed by atoms with van der Waals surface area (Å²) in [6.07, 6.45) is 1.19. The number of carboxylic acids is 1. The monoisotopic (exact) mass is 294 g/mol. The van der Waals surface area contributed by atoms with Gasteiger partial charge in [0.15, 0.2) is 5.52 Å². The molecule has 9 heteroatoms. The van der Waals surface area contributed by atoms with Crippen molar-refractivity contribution in [3.05, 3.63) is 22.2 Å². The van der Waals surface area contributed by atoms with Crippen LogP contribution in [0.4, 0.5) is 11.4 Å². The Morgan fingerprint density at radius 2 is 2.19 bits per heavy atom. The zero-order valence-corrected chi connectivity index (χ0v) is 11.3. The number of non-ortho nitro benzene ring substituents is 1. The van der Waals surface area contributed by atoms with Crippen molar-refractivity contribution < 1.29 is 19.5 Å². The highest BCUT2D eigenvalue weighted by molar-refractivity contribution is 5.93. The zero-order valence-electron chi connectivity index (χ0n) is 11.3. The number of fused-ring (bicyclic) bond motifs is 1. The number of benzene rings is 1. The lowest BCUT2D eigenvalue weighted by molar-refractivity contribution is -0.383. The highest BCUT2D eigenvalue weighted by Gasteiger charge is 2.19. The van der Waals surface area contributed by atoms with E-state index in [4.69, 9.17) is 5.11 Å². The fourth-order valence-corrected chi connectivity index (χ4v) is 1.90. The maximum Gasteiger partial charge on any atom is 0.306 e. The maximum atomic E-state index is 10.8. The first kappa shape index (κ1) is 14.7. The van der Waals surface area contributed by atoms with Crippen LogP contribution < -0.4 is 5.32 Å². The van der Waals surface area contributed by atoms with E-state index in [1.54, 1.807) is 6.92 Å². The van der Waals surface area contributed by atoms with Gasteiger partial charge in [-0.2, -0.15) is 0 Å². The molecule has 0 radical (unpaired) electrons. The van der Waals surface area contributed by atoms with Gasteiger partial charge in [-0.05, 0) is 29.2 Å². The minimum absolute atomic E-state index is 0.0869. The first-order chi connectivity index (χ1) is 10.0. The number of aromatic nitrogens is 2. The Balaban J connectivity index is 2.03. The van der Waals surface area contributed by atoms with Crippen LogP contribution in [0.2, 0.25) is 0 Å². The van der Waals surface area contributed by atoms with Gasteiger partial charge in [0.1, 0.15) is 0 Å². The molecule has 0 saturated carbocycles. The quantitative estimate of drug-likeness (QED) is 0.450. The Labute approximate surface area is 119 Å². The molecule has 1 heterocycles. The summed E-state index contributed by atoms with van der Waals surface area (Å²) >= 11 is 0. The molecule has 1 unspecified atom stereocenters. The SMILES string of the molecule is CC(CCCNc1ccc([N+](=O)[O-])c2nonc12)C(=O)O. The average molecular weight is 294 g/mol. The van der Waals surface area contributed by atoms with Crippen molar-refractivity contribution in [2.45, 2.75) is 19.8 Å². The third kappa shape index (κ3) is 3.25. The summed E-state index contributed by atoms with van der Waals surface area (Å²) in [6, 6.07) is 2.86. The number of nitro benzene ring substituents is 1. The van der Waals surface area contributed by atoms with Gasteiger partial charge in [-0.25, -0.2) is 4.63 Å². The van der Waals surface area contributed by atoms with Gasteiger partial charge in [-0.1, -0.05) is 6.92 Å². The molecule has 0 aliphatic rings. The molecule has 2 aromatic rings. The van der Waals surface area contributed by atoms with E-state index >= 15 is 0 Å². The standard InChI is InChI=1S/C12H14N4O5/c1-7(12(17)18)3-2-6-13-8-4-5-9(16(19)20)11-10(8)14-21-15-11/h4-5,7,13H,2-3,6H2,1H3,(H,17,18). The smallest absolute Gasteiger partial charge is 0.306 e. The van der Waals surface area contributed by atoms with Gasteiger partial charge >= 0.3 is 11.7 Å². The Hall–Kier alpha value is -2.71. The summed E-state index contributed by atoms with van der Waals surface area (Å²) < 4.78 is 4.55. The molecule has 0 spiro atoms. The van der Waals surface area contributed by atoms with Crippen LogP contribution in [0.3, 0.4) is 0 Å². The zero-order chi connectivity index (χ0) is 15.4. The fraction of sp³-hybridized carbons (Fsp3) is 0.417. The molecule has 0 aliphatic heterocycles. The van der Waals surface area contributed by atoms with Crippen molar-refractivity contribution in [3.8, 4) is 0 Å². The largest absolute Gasteiger partial charge is 0.481 e. The summed E-state index contributed by atoms with van der Waals surface area (Å²) in [7, 11) is 0. The third-order valence-electron chi connectivity index (χ3n) is 3.14. The Morgan fingerprint density at radius 3 is 2.86 bits per heavy atom. The van der Waals surface area contributed by atoms with Gasteiger partial charge in [-0.15, -0.1) is 0 Å². The van der Waals surface area contributed by atoms with Crippen molar-refractivity contribution in [2.24, 2.45) is 5.92 Å². The van der Waals surface area contributed by atoms with E-state index in [2.05, 4.69) is 20.3 Å². The van der Waals surface area contributed by atoms with E-state index in [0.29, 0.717) is 25.1 Å². The number of hydrogen-bond donors (Lipinski definition) is 2. The Morgan fingerprint density at radius 1 is 1.48 bits per heavy atom. The van der Waals surface area contributed by atoms with Crippen LogP contribution in [0.25, 0.3) is 11.0 Å². The first-order valence-corrected chi connectivity index (χ1v) is 6.37. The van der Waals surface area contributed by atoms with E-state index in [0.717, 1.165) is 0 Å². The predicted octanol–water partition coefficient (Wildman–Crippen LogP) is 2.04. The number of rotatable bonds is 7. The van der Waals surface area contributed by atoms with Crippen LogP contribution in [0, 0.1) is 16.0 Å². The molecule has 2 N–H and O–H groups in total. The van der Waals surface area contributed by atoms with Crippen LogP contribution in [-0.4, -0.2) is 32.9 Å². The molecular weight excluding hydrogens is 280 g/mol.